The molecule has 1 aromatic heterocycles. The van der Waals surface area contributed by atoms with Gasteiger partial charge in [-0.05, 0) is 42.1 Å². The molecule has 0 aliphatic heterocycles. The van der Waals surface area contributed by atoms with E-state index in [1.54, 1.807) is 11.3 Å². The molecule has 3 nitrogen and oxygen atoms in total. The largest absolute Gasteiger partial charge is 0.344 e. The van der Waals surface area contributed by atoms with Crippen LogP contribution in [0.1, 0.15) is 29.3 Å². The summed E-state index contributed by atoms with van der Waals surface area (Å²) in [7, 11) is 0. The van der Waals surface area contributed by atoms with E-state index in [0.29, 0.717) is 24.4 Å². The molecule has 2 rings (SSSR count). The third-order valence-electron chi connectivity index (χ3n) is 2.94. The van der Waals surface area contributed by atoms with Crippen LogP contribution in [0.2, 0.25) is 5.02 Å². The summed E-state index contributed by atoms with van der Waals surface area (Å²) >= 11 is 7.54. The van der Waals surface area contributed by atoms with Gasteiger partial charge in [-0.1, -0.05) is 29.8 Å². The molecule has 6 heteroatoms. The van der Waals surface area contributed by atoms with E-state index in [9.17, 15) is 4.79 Å². The second-order valence-corrected chi connectivity index (χ2v) is 5.88. The van der Waals surface area contributed by atoms with E-state index in [1.165, 1.54) is 0 Å². The number of hydrogen-bond acceptors (Lipinski definition) is 3. The molecule has 1 aromatic carbocycles. The topological polar surface area (TPSA) is 55.1 Å². The zero-order chi connectivity index (χ0) is 14.4. The van der Waals surface area contributed by atoms with E-state index >= 15 is 0 Å². The number of carbonyl (C=O) groups is 1. The zero-order valence-electron chi connectivity index (χ0n) is 11.4. The molecule has 0 saturated heterocycles. The third kappa shape index (κ3) is 5.32. The fourth-order valence-electron chi connectivity index (χ4n) is 1.93. The van der Waals surface area contributed by atoms with Crippen LogP contribution in [0.25, 0.3) is 0 Å². The Kier molecular flexibility index (Phi) is 7.75. The molecule has 0 saturated carbocycles. The number of halogens is 2. The Hall–Kier alpha value is -1.07. The average Bonchev–Trinajstić information content (AvgIpc) is 2.97. The van der Waals surface area contributed by atoms with Gasteiger partial charge in [0.25, 0.3) is 0 Å². The van der Waals surface area contributed by atoms with Crippen molar-refractivity contribution in [1.29, 1.82) is 0 Å². The van der Waals surface area contributed by atoms with Gasteiger partial charge < -0.3 is 11.1 Å². The lowest BCUT2D eigenvalue weighted by molar-refractivity contribution is -0.121. The molecule has 21 heavy (non-hydrogen) atoms. The Bertz CT molecular complexity index is 543. The van der Waals surface area contributed by atoms with Crippen LogP contribution in [-0.4, -0.2) is 12.5 Å². The van der Waals surface area contributed by atoms with Crippen molar-refractivity contribution in [2.45, 2.75) is 18.9 Å². The molecule has 114 valence electrons. The molecule has 1 atom stereocenters. The molecule has 1 unspecified atom stereocenters. The van der Waals surface area contributed by atoms with Gasteiger partial charge in [0, 0.05) is 16.3 Å². The monoisotopic (exact) mass is 344 g/mol. The van der Waals surface area contributed by atoms with E-state index in [0.717, 1.165) is 10.4 Å². The van der Waals surface area contributed by atoms with Gasteiger partial charge in [0.05, 0.1) is 6.04 Å². The zero-order valence-corrected chi connectivity index (χ0v) is 13.8. The number of rotatable bonds is 6. The quantitative estimate of drug-likeness (QED) is 0.837. The molecular formula is C15H18Cl2N2OS. The summed E-state index contributed by atoms with van der Waals surface area (Å²) in [6.07, 6.45) is 1.15. The highest BCUT2D eigenvalue weighted by atomic mass is 35.5. The van der Waals surface area contributed by atoms with Crippen LogP contribution in [0.3, 0.4) is 0 Å². The summed E-state index contributed by atoms with van der Waals surface area (Å²) in [5.74, 6) is 0.0174. The number of carbonyl (C=O) groups excluding carboxylic acids is 1. The minimum absolute atomic E-state index is 0. The number of hydrogen-bond donors (Lipinski definition) is 2. The molecule has 0 aliphatic rings. The SMILES string of the molecule is Cl.NCCCC(=O)NC(c1ccc(Cl)cc1)c1cccs1. The molecule has 0 radical (unpaired) electrons. The molecule has 0 fully saturated rings. The number of benzene rings is 1. The van der Waals surface area contributed by atoms with Crippen LogP contribution in [0.15, 0.2) is 41.8 Å². The van der Waals surface area contributed by atoms with Crippen molar-refractivity contribution in [2.75, 3.05) is 6.54 Å². The summed E-state index contributed by atoms with van der Waals surface area (Å²) in [5, 5.41) is 5.76. The normalized spacial score (nSPS) is 11.5. The Labute approximate surface area is 139 Å². The maximum Gasteiger partial charge on any atom is 0.220 e. The number of thiophene rings is 1. The van der Waals surface area contributed by atoms with Crippen molar-refractivity contribution in [3.63, 3.8) is 0 Å². The average molecular weight is 345 g/mol. The van der Waals surface area contributed by atoms with Gasteiger partial charge in [-0.15, -0.1) is 23.7 Å². The second kappa shape index (κ2) is 9.05. The van der Waals surface area contributed by atoms with Crippen LogP contribution in [0.5, 0.6) is 0 Å². The molecule has 2 aromatic rings. The Morgan fingerprint density at radius 3 is 2.57 bits per heavy atom. The first-order valence-corrected chi connectivity index (χ1v) is 7.75. The Morgan fingerprint density at radius 2 is 2.00 bits per heavy atom. The van der Waals surface area contributed by atoms with Crippen molar-refractivity contribution >= 4 is 41.3 Å². The van der Waals surface area contributed by atoms with E-state index in [1.807, 2.05) is 41.8 Å². The second-order valence-electron chi connectivity index (χ2n) is 4.46. The molecule has 0 spiro atoms. The van der Waals surface area contributed by atoms with E-state index in [2.05, 4.69) is 5.32 Å². The summed E-state index contributed by atoms with van der Waals surface area (Å²) in [4.78, 5) is 13.1. The minimum atomic E-state index is -0.127. The van der Waals surface area contributed by atoms with Gasteiger partial charge in [0.1, 0.15) is 0 Å². The number of nitrogens with one attached hydrogen (secondary N) is 1. The van der Waals surface area contributed by atoms with Crippen molar-refractivity contribution in [3.05, 3.63) is 57.2 Å². The fraction of sp³-hybridized carbons (Fsp3) is 0.267. The van der Waals surface area contributed by atoms with Crippen molar-refractivity contribution < 1.29 is 4.79 Å². The highest BCUT2D eigenvalue weighted by Gasteiger charge is 2.17. The Balaban J connectivity index is 0.00000220. The predicted octanol–water partition coefficient (Wildman–Crippen LogP) is 3.77. The van der Waals surface area contributed by atoms with Crippen LogP contribution in [0.4, 0.5) is 0 Å². The van der Waals surface area contributed by atoms with Gasteiger partial charge in [0.15, 0.2) is 0 Å². The first-order valence-electron chi connectivity index (χ1n) is 6.49. The lowest BCUT2D eigenvalue weighted by atomic mass is 10.1. The van der Waals surface area contributed by atoms with Crippen molar-refractivity contribution in [2.24, 2.45) is 5.73 Å². The smallest absolute Gasteiger partial charge is 0.220 e. The minimum Gasteiger partial charge on any atom is -0.344 e. The maximum absolute atomic E-state index is 12.0. The summed E-state index contributed by atoms with van der Waals surface area (Å²) < 4.78 is 0. The summed E-state index contributed by atoms with van der Waals surface area (Å²) in [6.45, 7) is 0.526. The lowest BCUT2D eigenvalue weighted by Gasteiger charge is -2.18. The molecule has 0 bridgehead atoms. The van der Waals surface area contributed by atoms with E-state index in [-0.39, 0.29) is 24.4 Å². The fourth-order valence-corrected chi connectivity index (χ4v) is 2.85. The maximum atomic E-state index is 12.0. The molecule has 1 amide bonds. The van der Waals surface area contributed by atoms with Gasteiger partial charge in [-0.25, -0.2) is 0 Å². The van der Waals surface area contributed by atoms with E-state index in [4.69, 9.17) is 17.3 Å². The first-order chi connectivity index (χ1) is 9.70. The van der Waals surface area contributed by atoms with Crippen LogP contribution in [0, 0.1) is 0 Å². The first kappa shape index (κ1) is 18.0. The van der Waals surface area contributed by atoms with Crippen LogP contribution < -0.4 is 11.1 Å². The number of amides is 1. The standard InChI is InChI=1S/C15H17ClN2OS.ClH/c16-12-7-5-11(6-8-12)15(13-3-2-10-20-13)18-14(19)4-1-9-17;/h2-3,5-8,10,15H,1,4,9,17H2,(H,18,19);1H. The molecule has 1 heterocycles. The predicted molar refractivity (Wildman–Crippen MR) is 91.3 cm³/mol. The third-order valence-corrected chi connectivity index (χ3v) is 4.13. The highest BCUT2D eigenvalue weighted by Crippen LogP contribution is 2.27. The highest BCUT2D eigenvalue weighted by molar-refractivity contribution is 7.10. The van der Waals surface area contributed by atoms with Crippen LogP contribution >= 0.6 is 35.3 Å². The summed E-state index contributed by atoms with van der Waals surface area (Å²) in [5.41, 5.74) is 6.46. The van der Waals surface area contributed by atoms with Crippen molar-refractivity contribution in [3.8, 4) is 0 Å². The van der Waals surface area contributed by atoms with Gasteiger partial charge in [0.2, 0.25) is 5.91 Å². The Morgan fingerprint density at radius 1 is 1.29 bits per heavy atom. The van der Waals surface area contributed by atoms with Crippen LogP contribution in [-0.2, 0) is 4.79 Å². The summed E-state index contributed by atoms with van der Waals surface area (Å²) in [6, 6.07) is 11.4. The molecule has 3 N–H and O–H groups in total. The van der Waals surface area contributed by atoms with E-state index < -0.39 is 0 Å². The lowest BCUT2D eigenvalue weighted by Crippen LogP contribution is -2.29. The van der Waals surface area contributed by atoms with Gasteiger partial charge in [-0.3, -0.25) is 4.79 Å². The molecular weight excluding hydrogens is 327 g/mol. The van der Waals surface area contributed by atoms with Gasteiger partial charge >= 0.3 is 0 Å². The molecule has 0 aliphatic carbocycles. The number of nitrogens with two attached hydrogens (primary N) is 1. The van der Waals surface area contributed by atoms with Crippen molar-refractivity contribution in [1.82, 2.24) is 5.32 Å². The van der Waals surface area contributed by atoms with Gasteiger partial charge in [-0.2, -0.15) is 0 Å².